The van der Waals surface area contributed by atoms with Crippen molar-refractivity contribution in [3.05, 3.63) is 46.6 Å². The van der Waals surface area contributed by atoms with E-state index in [-0.39, 0.29) is 33.8 Å². The van der Waals surface area contributed by atoms with Crippen LogP contribution in [0.3, 0.4) is 0 Å². The van der Waals surface area contributed by atoms with Crippen LogP contribution in [0.25, 0.3) is 22.3 Å². The first-order chi connectivity index (χ1) is 15.2. The summed E-state index contributed by atoms with van der Waals surface area (Å²) in [5.41, 5.74) is -0.524. The maximum absolute atomic E-state index is 12.5. The number of fused-ring (bicyclic) bond motifs is 1. The van der Waals surface area contributed by atoms with Crippen molar-refractivity contribution in [2.24, 2.45) is 0 Å². The minimum absolute atomic E-state index is 0.00963. The van der Waals surface area contributed by atoms with Gasteiger partial charge in [0.2, 0.25) is 12.0 Å². The Morgan fingerprint density at radius 3 is 2.34 bits per heavy atom. The lowest BCUT2D eigenvalue weighted by Crippen LogP contribution is -2.60. The van der Waals surface area contributed by atoms with E-state index in [0.717, 1.165) is 6.07 Å². The number of hydrogen-bond donors (Lipinski definition) is 7. The van der Waals surface area contributed by atoms with Crippen LogP contribution >= 0.6 is 0 Å². The monoisotopic (exact) mass is 448 g/mol. The zero-order valence-electron chi connectivity index (χ0n) is 16.3. The van der Waals surface area contributed by atoms with Gasteiger partial charge in [-0.1, -0.05) is 0 Å². The van der Waals surface area contributed by atoms with Crippen LogP contribution in [0.15, 0.2) is 45.6 Å². The molecule has 0 spiro atoms. The third kappa shape index (κ3) is 3.72. The highest BCUT2D eigenvalue weighted by Gasteiger charge is 2.45. The van der Waals surface area contributed by atoms with Crippen molar-refractivity contribution in [2.75, 3.05) is 6.61 Å². The molecule has 0 radical (unpaired) electrons. The predicted octanol–water partition coefficient (Wildman–Crippen LogP) is -0.245. The van der Waals surface area contributed by atoms with Gasteiger partial charge < -0.3 is 49.6 Å². The molecule has 4 rings (SSSR count). The molecule has 5 atom stereocenters. The first kappa shape index (κ1) is 21.9. The van der Waals surface area contributed by atoms with E-state index in [1.807, 2.05) is 0 Å². The van der Waals surface area contributed by atoms with E-state index in [1.54, 1.807) is 0 Å². The number of rotatable bonds is 4. The molecule has 1 aliphatic heterocycles. The molecule has 11 heteroatoms. The first-order valence-electron chi connectivity index (χ1n) is 9.50. The summed E-state index contributed by atoms with van der Waals surface area (Å²) < 4.78 is 16.3. The summed E-state index contributed by atoms with van der Waals surface area (Å²) in [6, 6.07) is 7.44. The van der Waals surface area contributed by atoms with Crippen molar-refractivity contribution in [3.63, 3.8) is 0 Å². The maximum atomic E-state index is 12.5. The molecule has 3 aromatic rings. The molecule has 1 fully saturated rings. The van der Waals surface area contributed by atoms with Gasteiger partial charge in [-0.3, -0.25) is 4.79 Å². The summed E-state index contributed by atoms with van der Waals surface area (Å²) in [6.07, 6.45) is -7.74. The van der Waals surface area contributed by atoms with Crippen molar-refractivity contribution in [1.29, 1.82) is 0 Å². The standard InChI is InChI=1S/C21H20O11/c22-7-15-16(26)18(28)19(29)21(32-15)31-13-4-2-9-11(24)6-14(30-20(9)17(13)27)8-1-3-10(23)12(25)5-8/h1-6,15-16,18-19,21-23,25-29H,7H2. The zero-order chi connectivity index (χ0) is 23.2. The molecular weight excluding hydrogens is 428 g/mol. The van der Waals surface area contributed by atoms with Gasteiger partial charge in [0.1, 0.15) is 30.2 Å². The molecule has 0 amide bonds. The Labute approximate surface area is 179 Å². The lowest BCUT2D eigenvalue weighted by molar-refractivity contribution is -0.277. The van der Waals surface area contributed by atoms with E-state index in [2.05, 4.69) is 0 Å². The summed E-state index contributed by atoms with van der Waals surface area (Å²) in [7, 11) is 0. The van der Waals surface area contributed by atoms with Gasteiger partial charge in [-0.2, -0.15) is 0 Å². The minimum Gasteiger partial charge on any atom is -0.504 e. The van der Waals surface area contributed by atoms with E-state index >= 15 is 0 Å². The highest BCUT2D eigenvalue weighted by Crippen LogP contribution is 2.38. The van der Waals surface area contributed by atoms with Crippen LogP contribution in [0, 0.1) is 0 Å². The van der Waals surface area contributed by atoms with Gasteiger partial charge in [0.15, 0.2) is 28.3 Å². The fraction of sp³-hybridized carbons (Fsp3) is 0.286. The lowest BCUT2D eigenvalue weighted by atomic mass is 9.99. The number of aromatic hydroxyl groups is 3. The summed E-state index contributed by atoms with van der Waals surface area (Å²) in [5.74, 6) is -1.70. The van der Waals surface area contributed by atoms with Crippen LogP contribution in [-0.2, 0) is 4.74 Å². The third-order valence-electron chi connectivity index (χ3n) is 5.19. The number of hydrogen-bond acceptors (Lipinski definition) is 11. The molecule has 1 aliphatic rings. The Kier molecular flexibility index (Phi) is 5.67. The van der Waals surface area contributed by atoms with E-state index < -0.39 is 54.2 Å². The number of phenols is 3. The molecule has 2 heterocycles. The molecule has 2 aromatic carbocycles. The Hall–Kier alpha value is -3.35. The van der Waals surface area contributed by atoms with Crippen LogP contribution in [-0.4, -0.2) is 73.1 Å². The van der Waals surface area contributed by atoms with Crippen molar-refractivity contribution < 1.29 is 49.6 Å². The third-order valence-corrected chi connectivity index (χ3v) is 5.19. The predicted molar refractivity (Wildman–Crippen MR) is 107 cm³/mol. The number of benzene rings is 2. The average Bonchev–Trinajstić information content (AvgIpc) is 2.77. The summed E-state index contributed by atoms with van der Waals surface area (Å²) in [4.78, 5) is 12.5. The Bertz CT molecular complexity index is 1200. The number of aliphatic hydroxyl groups is 4. The van der Waals surface area contributed by atoms with Gasteiger partial charge in [0.25, 0.3) is 0 Å². The lowest BCUT2D eigenvalue weighted by Gasteiger charge is -2.39. The van der Waals surface area contributed by atoms with Crippen LogP contribution in [0.2, 0.25) is 0 Å². The molecule has 7 N–H and O–H groups in total. The molecule has 32 heavy (non-hydrogen) atoms. The Morgan fingerprint density at radius 1 is 0.906 bits per heavy atom. The second kappa shape index (κ2) is 8.30. The van der Waals surface area contributed by atoms with Crippen LogP contribution in [0.4, 0.5) is 0 Å². The smallest absolute Gasteiger partial charge is 0.229 e. The molecule has 1 aromatic heterocycles. The summed E-state index contributed by atoms with van der Waals surface area (Å²) >= 11 is 0. The maximum Gasteiger partial charge on any atom is 0.229 e. The summed E-state index contributed by atoms with van der Waals surface area (Å²) in [5, 5.41) is 69.0. The molecule has 170 valence electrons. The van der Waals surface area contributed by atoms with Crippen molar-refractivity contribution in [3.8, 4) is 34.3 Å². The second-order valence-electron chi connectivity index (χ2n) is 7.28. The van der Waals surface area contributed by atoms with Crippen molar-refractivity contribution >= 4 is 11.0 Å². The van der Waals surface area contributed by atoms with Crippen molar-refractivity contribution in [1.82, 2.24) is 0 Å². The average molecular weight is 448 g/mol. The minimum atomic E-state index is -1.71. The molecule has 0 aliphatic carbocycles. The highest BCUT2D eigenvalue weighted by molar-refractivity contribution is 5.86. The van der Waals surface area contributed by atoms with Crippen LogP contribution < -0.4 is 10.2 Å². The second-order valence-corrected chi connectivity index (χ2v) is 7.28. The largest absolute Gasteiger partial charge is 0.504 e. The topological polar surface area (TPSA) is 190 Å². The number of phenolic OH excluding ortho intramolecular Hbond substituents is 3. The van der Waals surface area contributed by atoms with Crippen LogP contribution in [0.1, 0.15) is 0 Å². The molecule has 1 saturated heterocycles. The van der Waals surface area contributed by atoms with Crippen molar-refractivity contribution in [2.45, 2.75) is 30.7 Å². The molecule has 0 bridgehead atoms. The quantitative estimate of drug-likeness (QED) is 0.261. The Morgan fingerprint density at radius 2 is 1.66 bits per heavy atom. The van der Waals surface area contributed by atoms with E-state index in [1.165, 1.54) is 30.3 Å². The fourth-order valence-corrected chi connectivity index (χ4v) is 3.39. The molecular formula is C21H20O11. The molecule has 11 nitrogen and oxygen atoms in total. The van der Waals surface area contributed by atoms with Gasteiger partial charge in [0.05, 0.1) is 12.0 Å². The van der Waals surface area contributed by atoms with Gasteiger partial charge in [-0.05, 0) is 30.3 Å². The fourth-order valence-electron chi connectivity index (χ4n) is 3.39. The Balaban J connectivity index is 1.73. The van der Waals surface area contributed by atoms with E-state index in [0.29, 0.717) is 0 Å². The highest BCUT2D eigenvalue weighted by atomic mass is 16.7. The van der Waals surface area contributed by atoms with Gasteiger partial charge in [-0.25, -0.2) is 0 Å². The zero-order valence-corrected chi connectivity index (χ0v) is 16.3. The summed E-state index contributed by atoms with van der Waals surface area (Å²) in [6.45, 7) is -0.660. The molecule has 0 saturated carbocycles. The number of aliphatic hydroxyl groups excluding tert-OH is 4. The molecule has 5 unspecified atom stereocenters. The van der Waals surface area contributed by atoms with Gasteiger partial charge >= 0.3 is 0 Å². The van der Waals surface area contributed by atoms with Gasteiger partial charge in [0, 0.05) is 11.6 Å². The normalized spacial score (nSPS) is 25.7. The van der Waals surface area contributed by atoms with Crippen LogP contribution in [0.5, 0.6) is 23.0 Å². The SMILES string of the molecule is O=c1cc(-c2ccc(O)c(O)c2)oc2c(O)c(OC3OC(CO)C(O)C(O)C3O)ccc12. The van der Waals surface area contributed by atoms with Gasteiger partial charge in [-0.15, -0.1) is 0 Å². The van der Waals surface area contributed by atoms with E-state index in [4.69, 9.17) is 13.9 Å². The first-order valence-corrected chi connectivity index (χ1v) is 9.50. The van der Waals surface area contributed by atoms with E-state index in [9.17, 15) is 40.5 Å². The number of ether oxygens (including phenoxy) is 2.